The first-order chi connectivity index (χ1) is 6.59. The molecule has 0 saturated carbocycles. The number of halogens is 2. The normalized spacial score (nSPS) is 10.7. The zero-order chi connectivity index (χ0) is 10.3. The van der Waals surface area contributed by atoms with Crippen molar-refractivity contribution in [3.05, 3.63) is 32.5 Å². The molecule has 0 aliphatic rings. The Morgan fingerprint density at radius 3 is 2.86 bits per heavy atom. The molecule has 2 N–H and O–H groups in total. The van der Waals surface area contributed by atoms with Gasteiger partial charge in [-0.05, 0) is 34.7 Å². The van der Waals surface area contributed by atoms with E-state index < -0.39 is 5.97 Å². The quantitative estimate of drug-likeness (QED) is 0.793. The minimum atomic E-state index is -0.957. The van der Waals surface area contributed by atoms with E-state index in [9.17, 15) is 4.79 Å². The fourth-order valence-electron chi connectivity index (χ4n) is 1.28. The Morgan fingerprint density at radius 2 is 2.21 bits per heavy atom. The Bertz CT molecular complexity index is 521. The molecule has 3 nitrogen and oxygen atoms in total. The summed E-state index contributed by atoms with van der Waals surface area (Å²) in [5.74, 6) is -0.957. The van der Waals surface area contributed by atoms with Gasteiger partial charge in [0.1, 0.15) is 5.69 Å². The minimum absolute atomic E-state index is 0.211. The lowest BCUT2D eigenvalue weighted by atomic mass is 10.2. The number of aromatic amines is 1. The van der Waals surface area contributed by atoms with Gasteiger partial charge in [-0.25, -0.2) is 4.79 Å². The number of fused-ring (bicyclic) bond motifs is 1. The lowest BCUT2D eigenvalue weighted by Crippen LogP contribution is -1.97. The Morgan fingerprint density at radius 1 is 1.50 bits per heavy atom. The lowest BCUT2D eigenvalue weighted by Gasteiger charge is -1.90. The first-order valence-corrected chi connectivity index (χ1v) is 5.25. The van der Waals surface area contributed by atoms with Crippen LogP contribution >= 0.6 is 34.2 Å². The van der Waals surface area contributed by atoms with E-state index in [0.29, 0.717) is 8.59 Å². The fraction of sp³-hybridized carbons (Fsp3) is 0. The van der Waals surface area contributed by atoms with Gasteiger partial charge in [0.2, 0.25) is 0 Å². The van der Waals surface area contributed by atoms with Crippen molar-refractivity contribution in [1.29, 1.82) is 0 Å². The summed E-state index contributed by atoms with van der Waals surface area (Å²) in [5, 5.41) is 10.3. The molecule has 0 amide bonds. The fourth-order valence-corrected chi connectivity index (χ4v) is 2.29. The smallest absolute Gasteiger partial charge is 0.353 e. The Kier molecular flexibility index (Phi) is 2.40. The molecular weight excluding hydrogens is 316 g/mol. The van der Waals surface area contributed by atoms with Crippen molar-refractivity contribution in [2.24, 2.45) is 0 Å². The van der Waals surface area contributed by atoms with Gasteiger partial charge in [0.05, 0.1) is 3.57 Å². The van der Waals surface area contributed by atoms with Crippen LogP contribution in [0.1, 0.15) is 10.5 Å². The molecule has 1 aromatic heterocycles. The largest absolute Gasteiger partial charge is 0.477 e. The predicted octanol–water partition coefficient (Wildman–Crippen LogP) is 3.12. The standard InChI is InChI=1S/C9H5ClINO2/c10-4-1-2-5-6(3-4)12-8(7(5)11)9(13)14/h1-3,12H,(H,13,14). The van der Waals surface area contributed by atoms with Gasteiger partial charge in [0.15, 0.2) is 0 Å². The van der Waals surface area contributed by atoms with Crippen LogP contribution in [0.3, 0.4) is 0 Å². The van der Waals surface area contributed by atoms with E-state index >= 15 is 0 Å². The van der Waals surface area contributed by atoms with Crippen LogP contribution in [0.2, 0.25) is 5.02 Å². The molecule has 14 heavy (non-hydrogen) atoms. The molecule has 0 spiro atoms. The number of hydrogen-bond acceptors (Lipinski definition) is 1. The summed E-state index contributed by atoms with van der Waals surface area (Å²) >= 11 is 7.80. The number of aromatic carboxylic acids is 1. The SMILES string of the molecule is O=C(O)c1[nH]c2cc(Cl)ccc2c1I. The maximum absolute atomic E-state index is 10.8. The molecule has 0 atom stereocenters. The van der Waals surface area contributed by atoms with Gasteiger partial charge in [-0.1, -0.05) is 17.7 Å². The van der Waals surface area contributed by atoms with Crippen molar-refractivity contribution in [3.8, 4) is 0 Å². The highest BCUT2D eigenvalue weighted by Gasteiger charge is 2.14. The van der Waals surface area contributed by atoms with Crippen molar-refractivity contribution in [2.75, 3.05) is 0 Å². The molecule has 1 heterocycles. The molecule has 72 valence electrons. The van der Waals surface area contributed by atoms with Gasteiger partial charge in [-0.15, -0.1) is 0 Å². The highest BCUT2D eigenvalue weighted by Crippen LogP contribution is 2.26. The van der Waals surface area contributed by atoms with E-state index in [4.69, 9.17) is 16.7 Å². The first-order valence-electron chi connectivity index (χ1n) is 3.79. The summed E-state index contributed by atoms with van der Waals surface area (Å²) in [5.41, 5.74) is 0.960. The highest BCUT2D eigenvalue weighted by atomic mass is 127. The molecule has 5 heteroatoms. The van der Waals surface area contributed by atoms with Crippen LogP contribution in [0, 0.1) is 3.57 Å². The number of rotatable bonds is 1. The van der Waals surface area contributed by atoms with Crippen molar-refractivity contribution in [2.45, 2.75) is 0 Å². The molecule has 2 aromatic rings. The summed E-state index contributed by atoms with van der Waals surface area (Å²) in [6.07, 6.45) is 0. The zero-order valence-corrected chi connectivity index (χ0v) is 9.76. The zero-order valence-electron chi connectivity index (χ0n) is 6.84. The number of carbonyl (C=O) groups is 1. The van der Waals surface area contributed by atoms with Crippen LogP contribution in [0.15, 0.2) is 18.2 Å². The van der Waals surface area contributed by atoms with E-state index in [1.54, 1.807) is 12.1 Å². The molecule has 0 aliphatic heterocycles. The third kappa shape index (κ3) is 1.48. The second-order valence-corrected chi connectivity index (χ2v) is 4.32. The third-order valence-corrected chi connectivity index (χ3v) is 3.27. The van der Waals surface area contributed by atoms with Gasteiger partial charge in [-0.2, -0.15) is 0 Å². The van der Waals surface area contributed by atoms with Gasteiger partial charge in [-0.3, -0.25) is 0 Å². The maximum atomic E-state index is 10.8. The second kappa shape index (κ2) is 3.43. The Labute approximate surface area is 98.2 Å². The van der Waals surface area contributed by atoms with Gasteiger partial charge < -0.3 is 10.1 Å². The average molecular weight is 322 g/mol. The lowest BCUT2D eigenvalue weighted by molar-refractivity contribution is 0.0690. The first kappa shape index (κ1) is 9.79. The molecular formula is C9H5ClINO2. The topological polar surface area (TPSA) is 53.1 Å². The monoisotopic (exact) mass is 321 g/mol. The highest BCUT2D eigenvalue weighted by molar-refractivity contribution is 14.1. The molecule has 0 radical (unpaired) electrons. The summed E-state index contributed by atoms with van der Waals surface area (Å²) < 4.78 is 0.710. The van der Waals surface area contributed by atoms with Crippen LogP contribution in [0.25, 0.3) is 10.9 Å². The molecule has 1 aromatic carbocycles. The third-order valence-electron chi connectivity index (χ3n) is 1.91. The van der Waals surface area contributed by atoms with E-state index in [2.05, 4.69) is 4.98 Å². The van der Waals surface area contributed by atoms with Gasteiger partial charge in [0, 0.05) is 15.9 Å². The van der Waals surface area contributed by atoms with Crippen molar-refractivity contribution in [3.63, 3.8) is 0 Å². The number of aromatic nitrogens is 1. The van der Waals surface area contributed by atoms with Crippen LogP contribution < -0.4 is 0 Å². The summed E-state index contributed by atoms with van der Waals surface area (Å²) in [6, 6.07) is 5.26. The van der Waals surface area contributed by atoms with Crippen LogP contribution in [-0.2, 0) is 0 Å². The Balaban J connectivity index is 2.79. The number of H-pyrrole nitrogens is 1. The van der Waals surface area contributed by atoms with E-state index in [1.165, 1.54) is 0 Å². The molecule has 0 aliphatic carbocycles. The summed E-state index contributed by atoms with van der Waals surface area (Å²) in [4.78, 5) is 13.6. The van der Waals surface area contributed by atoms with Crippen molar-refractivity contribution in [1.82, 2.24) is 4.98 Å². The molecule has 2 rings (SSSR count). The Hall–Kier alpha value is -0.750. The van der Waals surface area contributed by atoms with E-state index in [1.807, 2.05) is 28.7 Å². The van der Waals surface area contributed by atoms with Crippen molar-refractivity contribution < 1.29 is 9.90 Å². The van der Waals surface area contributed by atoms with Crippen LogP contribution in [0.5, 0.6) is 0 Å². The van der Waals surface area contributed by atoms with Crippen molar-refractivity contribution >= 4 is 51.1 Å². The van der Waals surface area contributed by atoms with E-state index in [-0.39, 0.29) is 5.69 Å². The number of carboxylic acids is 1. The van der Waals surface area contributed by atoms with Crippen LogP contribution in [-0.4, -0.2) is 16.1 Å². The number of nitrogens with one attached hydrogen (secondary N) is 1. The summed E-state index contributed by atoms with van der Waals surface area (Å²) in [6.45, 7) is 0. The summed E-state index contributed by atoms with van der Waals surface area (Å²) in [7, 11) is 0. The molecule has 0 bridgehead atoms. The van der Waals surface area contributed by atoms with Gasteiger partial charge in [0.25, 0.3) is 0 Å². The second-order valence-electron chi connectivity index (χ2n) is 2.81. The van der Waals surface area contributed by atoms with Crippen LogP contribution in [0.4, 0.5) is 0 Å². The number of carboxylic acid groups (broad SMARTS) is 1. The molecule has 0 unspecified atom stereocenters. The maximum Gasteiger partial charge on any atom is 0.353 e. The van der Waals surface area contributed by atoms with E-state index in [0.717, 1.165) is 10.9 Å². The number of hydrogen-bond donors (Lipinski definition) is 2. The predicted molar refractivity (Wildman–Crippen MR) is 63.0 cm³/mol. The molecule has 0 fully saturated rings. The molecule has 0 saturated heterocycles. The van der Waals surface area contributed by atoms with Gasteiger partial charge >= 0.3 is 5.97 Å². The average Bonchev–Trinajstić information content (AvgIpc) is 2.43. The number of benzene rings is 1. The minimum Gasteiger partial charge on any atom is -0.477 e.